The summed E-state index contributed by atoms with van der Waals surface area (Å²) in [6.07, 6.45) is 2.76. The molecule has 0 aliphatic heterocycles. The fourth-order valence-corrected chi connectivity index (χ4v) is 2.46. The van der Waals surface area contributed by atoms with Gasteiger partial charge in [-0.05, 0) is 49.9 Å². The van der Waals surface area contributed by atoms with Gasteiger partial charge >= 0.3 is 0 Å². The largest absolute Gasteiger partial charge is 0.326 e. The molecule has 1 fully saturated rings. The van der Waals surface area contributed by atoms with Crippen LogP contribution in [0.4, 0.5) is 0 Å². The Morgan fingerprint density at radius 2 is 2.18 bits per heavy atom. The van der Waals surface area contributed by atoms with Gasteiger partial charge in [0.1, 0.15) is 0 Å². The predicted octanol–water partition coefficient (Wildman–Crippen LogP) is 3.03. The summed E-state index contributed by atoms with van der Waals surface area (Å²) >= 11 is 6.27. The Hall–Kier alpha value is -0.570. The molecular weight excluding hydrogens is 232 g/mol. The molecule has 1 aliphatic carbocycles. The summed E-state index contributed by atoms with van der Waals surface area (Å²) in [6, 6.07) is 6.80. The summed E-state index contributed by atoms with van der Waals surface area (Å²) in [7, 11) is 2.18. The van der Waals surface area contributed by atoms with E-state index in [1.165, 1.54) is 18.4 Å². The van der Waals surface area contributed by atoms with Crippen molar-refractivity contribution in [3.63, 3.8) is 0 Å². The van der Waals surface area contributed by atoms with E-state index in [0.717, 1.165) is 23.0 Å². The third-order valence-electron chi connectivity index (χ3n) is 3.77. The first-order chi connectivity index (χ1) is 8.11. The van der Waals surface area contributed by atoms with Gasteiger partial charge in [-0.1, -0.05) is 23.7 Å². The molecule has 2 N–H and O–H groups in total. The molecule has 0 spiro atoms. The zero-order valence-corrected chi connectivity index (χ0v) is 11.4. The number of rotatable bonds is 5. The molecule has 0 aromatic heterocycles. The van der Waals surface area contributed by atoms with Gasteiger partial charge in [0.15, 0.2) is 0 Å². The lowest BCUT2D eigenvalue weighted by Crippen LogP contribution is -2.30. The monoisotopic (exact) mass is 252 g/mol. The zero-order chi connectivity index (χ0) is 12.4. The van der Waals surface area contributed by atoms with E-state index in [4.69, 9.17) is 17.3 Å². The topological polar surface area (TPSA) is 29.3 Å². The summed E-state index contributed by atoms with van der Waals surface area (Å²) in [5, 5.41) is 0.836. The molecule has 0 bridgehead atoms. The van der Waals surface area contributed by atoms with Gasteiger partial charge in [-0.15, -0.1) is 0 Å². The zero-order valence-electron chi connectivity index (χ0n) is 10.6. The number of nitrogens with zero attached hydrogens (tertiary/aromatic N) is 1. The molecule has 0 radical (unpaired) electrons. The SMILES string of the molecule is CC(C1CC1)N(C)Cc1ccc(CN)cc1Cl. The van der Waals surface area contributed by atoms with Crippen LogP contribution in [0, 0.1) is 5.92 Å². The van der Waals surface area contributed by atoms with E-state index in [1.807, 2.05) is 6.07 Å². The first-order valence-electron chi connectivity index (χ1n) is 6.29. The van der Waals surface area contributed by atoms with Gasteiger partial charge < -0.3 is 5.73 Å². The Balaban J connectivity index is 2.02. The standard InChI is InChI=1S/C14H21ClN2/c1-10(12-5-6-12)17(2)9-13-4-3-11(8-16)7-14(13)15/h3-4,7,10,12H,5-6,8-9,16H2,1-2H3. The van der Waals surface area contributed by atoms with E-state index in [2.05, 4.69) is 31.0 Å². The van der Waals surface area contributed by atoms with Crippen LogP contribution in [0.1, 0.15) is 30.9 Å². The molecule has 0 amide bonds. The van der Waals surface area contributed by atoms with Gasteiger partial charge in [-0.2, -0.15) is 0 Å². The predicted molar refractivity (Wildman–Crippen MR) is 73.0 cm³/mol. The van der Waals surface area contributed by atoms with Crippen molar-refractivity contribution in [2.24, 2.45) is 11.7 Å². The van der Waals surface area contributed by atoms with Crippen molar-refractivity contribution in [2.45, 2.75) is 38.9 Å². The van der Waals surface area contributed by atoms with Gasteiger partial charge in [0, 0.05) is 24.2 Å². The van der Waals surface area contributed by atoms with Crippen LogP contribution < -0.4 is 5.73 Å². The van der Waals surface area contributed by atoms with Crippen LogP contribution in [0.5, 0.6) is 0 Å². The summed E-state index contributed by atoms with van der Waals surface area (Å²) in [5.74, 6) is 0.891. The van der Waals surface area contributed by atoms with Crippen molar-refractivity contribution >= 4 is 11.6 Å². The molecule has 1 aromatic rings. The van der Waals surface area contributed by atoms with Crippen molar-refractivity contribution in [3.05, 3.63) is 34.3 Å². The Kier molecular flexibility index (Phi) is 4.08. The maximum atomic E-state index is 6.27. The number of benzene rings is 1. The molecule has 1 aromatic carbocycles. The van der Waals surface area contributed by atoms with Crippen molar-refractivity contribution < 1.29 is 0 Å². The molecule has 0 heterocycles. The molecule has 1 atom stereocenters. The van der Waals surface area contributed by atoms with Gasteiger partial charge in [0.25, 0.3) is 0 Å². The quantitative estimate of drug-likeness (QED) is 0.873. The van der Waals surface area contributed by atoms with E-state index in [1.54, 1.807) is 0 Å². The minimum atomic E-state index is 0.550. The van der Waals surface area contributed by atoms with Gasteiger partial charge in [0.05, 0.1) is 0 Å². The van der Waals surface area contributed by atoms with Crippen LogP contribution in [0.2, 0.25) is 5.02 Å². The number of hydrogen-bond acceptors (Lipinski definition) is 2. The van der Waals surface area contributed by atoms with Crippen LogP contribution in [-0.4, -0.2) is 18.0 Å². The highest BCUT2D eigenvalue weighted by Gasteiger charge is 2.30. The van der Waals surface area contributed by atoms with Crippen molar-refractivity contribution in [1.29, 1.82) is 0 Å². The van der Waals surface area contributed by atoms with Crippen LogP contribution in [-0.2, 0) is 13.1 Å². The molecule has 2 nitrogen and oxygen atoms in total. The lowest BCUT2D eigenvalue weighted by molar-refractivity contribution is 0.226. The Labute approximate surface area is 109 Å². The smallest absolute Gasteiger partial charge is 0.0454 e. The van der Waals surface area contributed by atoms with Crippen LogP contribution in [0.25, 0.3) is 0 Å². The van der Waals surface area contributed by atoms with Crippen LogP contribution in [0.15, 0.2) is 18.2 Å². The molecule has 1 saturated carbocycles. The molecule has 3 heteroatoms. The summed E-state index contributed by atoms with van der Waals surface area (Å²) < 4.78 is 0. The average molecular weight is 253 g/mol. The van der Waals surface area contributed by atoms with Gasteiger partial charge in [0.2, 0.25) is 0 Å². The minimum Gasteiger partial charge on any atom is -0.326 e. The van der Waals surface area contributed by atoms with Gasteiger partial charge in [-0.25, -0.2) is 0 Å². The van der Waals surface area contributed by atoms with Crippen LogP contribution in [0.3, 0.4) is 0 Å². The van der Waals surface area contributed by atoms with Crippen molar-refractivity contribution in [2.75, 3.05) is 7.05 Å². The normalized spacial score (nSPS) is 17.5. The summed E-state index contributed by atoms with van der Waals surface area (Å²) in [5.41, 5.74) is 7.88. The Morgan fingerprint density at radius 1 is 1.47 bits per heavy atom. The summed E-state index contributed by atoms with van der Waals surface area (Å²) in [4.78, 5) is 2.39. The van der Waals surface area contributed by atoms with E-state index >= 15 is 0 Å². The second-order valence-corrected chi connectivity index (χ2v) is 5.53. The average Bonchev–Trinajstić information content (AvgIpc) is 3.14. The van der Waals surface area contributed by atoms with E-state index in [9.17, 15) is 0 Å². The molecule has 0 saturated heterocycles. The number of nitrogens with two attached hydrogens (primary N) is 1. The first kappa shape index (κ1) is 12.9. The van der Waals surface area contributed by atoms with E-state index in [-0.39, 0.29) is 0 Å². The lowest BCUT2D eigenvalue weighted by Gasteiger charge is -2.25. The highest BCUT2D eigenvalue weighted by molar-refractivity contribution is 6.31. The number of hydrogen-bond donors (Lipinski definition) is 1. The Morgan fingerprint density at radius 3 is 2.71 bits per heavy atom. The van der Waals surface area contributed by atoms with Crippen molar-refractivity contribution in [3.8, 4) is 0 Å². The molecular formula is C14H21ClN2. The van der Waals surface area contributed by atoms with Gasteiger partial charge in [-0.3, -0.25) is 4.90 Å². The lowest BCUT2D eigenvalue weighted by atomic mass is 10.1. The minimum absolute atomic E-state index is 0.550. The van der Waals surface area contributed by atoms with E-state index in [0.29, 0.717) is 12.6 Å². The second-order valence-electron chi connectivity index (χ2n) is 5.12. The number of halogens is 1. The Bertz CT molecular complexity index is 388. The molecule has 1 unspecified atom stereocenters. The van der Waals surface area contributed by atoms with Crippen LogP contribution >= 0.6 is 11.6 Å². The maximum absolute atomic E-state index is 6.27. The molecule has 17 heavy (non-hydrogen) atoms. The highest BCUT2D eigenvalue weighted by Crippen LogP contribution is 2.35. The van der Waals surface area contributed by atoms with E-state index < -0.39 is 0 Å². The first-order valence-corrected chi connectivity index (χ1v) is 6.67. The third-order valence-corrected chi connectivity index (χ3v) is 4.12. The summed E-state index contributed by atoms with van der Waals surface area (Å²) in [6.45, 7) is 3.77. The molecule has 2 rings (SSSR count). The molecule has 94 valence electrons. The third kappa shape index (κ3) is 3.21. The van der Waals surface area contributed by atoms with Crippen molar-refractivity contribution in [1.82, 2.24) is 4.90 Å². The fourth-order valence-electron chi connectivity index (χ4n) is 2.20. The highest BCUT2D eigenvalue weighted by atomic mass is 35.5. The fraction of sp³-hybridized carbons (Fsp3) is 0.571. The maximum Gasteiger partial charge on any atom is 0.0454 e. The molecule has 1 aliphatic rings. The second kappa shape index (κ2) is 5.38.